The predicted octanol–water partition coefficient (Wildman–Crippen LogP) is 3.98. The summed E-state index contributed by atoms with van der Waals surface area (Å²) in [6, 6.07) is 14.4. The zero-order chi connectivity index (χ0) is 15.0. The number of benzene rings is 2. The minimum Gasteiger partial charge on any atom is -0.487 e. The normalized spacial score (nSPS) is 17.1. The highest BCUT2D eigenvalue weighted by Gasteiger charge is 2.30. The zero-order valence-corrected chi connectivity index (χ0v) is 12.9. The van der Waals surface area contributed by atoms with Crippen LogP contribution in [0.25, 0.3) is 0 Å². The Morgan fingerprint density at radius 1 is 1.14 bits per heavy atom. The Bertz CT molecular complexity index is 641. The molecule has 2 aromatic rings. The van der Waals surface area contributed by atoms with Gasteiger partial charge in [0.1, 0.15) is 11.4 Å². The van der Waals surface area contributed by atoms with Gasteiger partial charge in [0.05, 0.1) is 6.10 Å². The van der Waals surface area contributed by atoms with Gasteiger partial charge < -0.3 is 9.84 Å². The molecule has 0 bridgehead atoms. The number of aliphatic hydroxyl groups excluding tert-OH is 1. The van der Waals surface area contributed by atoms with Gasteiger partial charge in [-0.15, -0.1) is 0 Å². The topological polar surface area (TPSA) is 29.5 Å². The molecule has 1 heterocycles. The maximum Gasteiger partial charge on any atom is 0.123 e. The van der Waals surface area contributed by atoms with Gasteiger partial charge in [0.2, 0.25) is 0 Å². The molecule has 0 spiro atoms. The summed E-state index contributed by atoms with van der Waals surface area (Å²) in [6.07, 6.45) is 1.07. The Kier molecular flexibility index (Phi) is 3.50. The summed E-state index contributed by atoms with van der Waals surface area (Å²) < 4.78 is 5.88. The van der Waals surface area contributed by atoms with Crippen molar-refractivity contribution in [2.45, 2.75) is 45.3 Å². The molecule has 0 aliphatic carbocycles. The molecule has 3 rings (SSSR count). The SMILES string of the molecule is Cc1ccc(CC(O)c2ccc3c(c2)CC(C)(C)O3)cc1. The number of fused-ring (bicyclic) bond motifs is 1. The van der Waals surface area contributed by atoms with Crippen LogP contribution in [0, 0.1) is 6.92 Å². The Morgan fingerprint density at radius 2 is 1.86 bits per heavy atom. The molecule has 0 saturated heterocycles. The second-order valence-corrected chi connectivity index (χ2v) is 6.61. The van der Waals surface area contributed by atoms with E-state index in [1.165, 1.54) is 11.1 Å². The second-order valence-electron chi connectivity index (χ2n) is 6.61. The van der Waals surface area contributed by atoms with Crippen molar-refractivity contribution in [3.63, 3.8) is 0 Å². The molecule has 2 nitrogen and oxygen atoms in total. The van der Waals surface area contributed by atoms with E-state index in [-0.39, 0.29) is 5.60 Å². The minimum absolute atomic E-state index is 0.136. The standard InChI is InChI=1S/C19H22O2/c1-13-4-6-14(7-5-13)10-17(20)15-8-9-18-16(11-15)12-19(2,3)21-18/h4-9,11,17,20H,10,12H2,1-3H3. The summed E-state index contributed by atoms with van der Waals surface area (Å²) >= 11 is 0. The maximum atomic E-state index is 10.5. The molecule has 0 aromatic heterocycles. The predicted molar refractivity (Wildman–Crippen MR) is 84.7 cm³/mol. The van der Waals surface area contributed by atoms with Crippen LogP contribution >= 0.6 is 0 Å². The molecule has 1 unspecified atom stereocenters. The lowest BCUT2D eigenvalue weighted by atomic mass is 9.96. The van der Waals surface area contributed by atoms with E-state index in [4.69, 9.17) is 4.74 Å². The highest BCUT2D eigenvalue weighted by atomic mass is 16.5. The number of rotatable bonds is 3. The molecule has 0 saturated carbocycles. The zero-order valence-electron chi connectivity index (χ0n) is 12.9. The molecule has 0 fully saturated rings. The van der Waals surface area contributed by atoms with Gasteiger partial charge in [0.15, 0.2) is 0 Å². The van der Waals surface area contributed by atoms with Gasteiger partial charge in [-0.05, 0) is 49.6 Å². The first kappa shape index (κ1) is 14.2. The summed E-state index contributed by atoms with van der Waals surface area (Å²) in [5.74, 6) is 0.950. The van der Waals surface area contributed by atoms with Gasteiger partial charge in [0, 0.05) is 12.8 Å². The van der Waals surface area contributed by atoms with Gasteiger partial charge in [-0.25, -0.2) is 0 Å². The number of aliphatic hydroxyl groups is 1. The third-order valence-corrected chi connectivity index (χ3v) is 4.02. The van der Waals surface area contributed by atoms with E-state index < -0.39 is 6.10 Å². The molecule has 0 amide bonds. The first-order valence-electron chi connectivity index (χ1n) is 7.48. The first-order valence-corrected chi connectivity index (χ1v) is 7.48. The molecule has 1 aliphatic heterocycles. The lowest BCUT2D eigenvalue weighted by Crippen LogP contribution is -2.24. The fourth-order valence-electron chi connectivity index (χ4n) is 2.90. The molecule has 1 aliphatic rings. The highest BCUT2D eigenvalue weighted by Crippen LogP contribution is 2.36. The molecule has 1 atom stereocenters. The molecular formula is C19H22O2. The van der Waals surface area contributed by atoms with Crippen molar-refractivity contribution in [3.05, 3.63) is 64.7 Å². The fourth-order valence-corrected chi connectivity index (χ4v) is 2.90. The lowest BCUT2D eigenvalue weighted by molar-refractivity contribution is 0.138. The van der Waals surface area contributed by atoms with Crippen molar-refractivity contribution in [2.75, 3.05) is 0 Å². The van der Waals surface area contributed by atoms with E-state index >= 15 is 0 Å². The quantitative estimate of drug-likeness (QED) is 0.922. The minimum atomic E-state index is -0.471. The summed E-state index contributed by atoms with van der Waals surface area (Å²) in [6.45, 7) is 6.26. The molecule has 110 valence electrons. The first-order chi connectivity index (χ1) is 9.93. The number of hydrogen-bond donors (Lipinski definition) is 1. The summed E-state index contributed by atoms with van der Waals surface area (Å²) in [5.41, 5.74) is 4.43. The van der Waals surface area contributed by atoms with Crippen LogP contribution < -0.4 is 4.74 Å². The lowest BCUT2D eigenvalue weighted by Gasteiger charge is -2.16. The monoisotopic (exact) mass is 282 g/mol. The molecule has 2 heteroatoms. The van der Waals surface area contributed by atoms with Crippen molar-refractivity contribution in [1.29, 1.82) is 0 Å². The highest BCUT2D eigenvalue weighted by molar-refractivity contribution is 5.42. The van der Waals surface area contributed by atoms with Crippen molar-refractivity contribution >= 4 is 0 Å². The van der Waals surface area contributed by atoms with Gasteiger partial charge >= 0.3 is 0 Å². The van der Waals surface area contributed by atoms with Crippen LogP contribution in [-0.2, 0) is 12.8 Å². The van der Waals surface area contributed by atoms with Crippen LogP contribution in [0.2, 0.25) is 0 Å². The van der Waals surface area contributed by atoms with Crippen molar-refractivity contribution in [1.82, 2.24) is 0 Å². The number of aryl methyl sites for hydroxylation is 1. The number of ether oxygens (including phenoxy) is 1. The van der Waals surface area contributed by atoms with E-state index in [0.29, 0.717) is 6.42 Å². The van der Waals surface area contributed by atoms with Crippen LogP contribution in [0.15, 0.2) is 42.5 Å². The van der Waals surface area contributed by atoms with Crippen molar-refractivity contribution < 1.29 is 9.84 Å². The van der Waals surface area contributed by atoms with Crippen LogP contribution in [0.4, 0.5) is 0 Å². The van der Waals surface area contributed by atoms with Crippen LogP contribution in [0.3, 0.4) is 0 Å². The van der Waals surface area contributed by atoms with E-state index in [0.717, 1.165) is 23.3 Å². The average Bonchev–Trinajstić information content (AvgIpc) is 2.74. The summed E-state index contributed by atoms with van der Waals surface area (Å²) in [4.78, 5) is 0. The van der Waals surface area contributed by atoms with E-state index in [9.17, 15) is 5.11 Å². The summed E-state index contributed by atoms with van der Waals surface area (Å²) in [7, 11) is 0. The third-order valence-electron chi connectivity index (χ3n) is 4.02. The fraction of sp³-hybridized carbons (Fsp3) is 0.368. The van der Waals surface area contributed by atoms with E-state index in [1.54, 1.807) is 0 Å². The Labute approximate surface area is 126 Å². The van der Waals surface area contributed by atoms with Gasteiger partial charge in [0.25, 0.3) is 0 Å². The third kappa shape index (κ3) is 3.11. The van der Waals surface area contributed by atoms with Gasteiger partial charge in [-0.3, -0.25) is 0 Å². The Hall–Kier alpha value is -1.80. The Balaban J connectivity index is 1.77. The maximum absolute atomic E-state index is 10.5. The van der Waals surface area contributed by atoms with Gasteiger partial charge in [-0.2, -0.15) is 0 Å². The van der Waals surface area contributed by atoms with Crippen molar-refractivity contribution in [2.24, 2.45) is 0 Å². The van der Waals surface area contributed by atoms with Crippen LogP contribution in [0.5, 0.6) is 5.75 Å². The molecule has 2 aromatic carbocycles. The molecule has 1 N–H and O–H groups in total. The molecule has 0 radical (unpaired) electrons. The smallest absolute Gasteiger partial charge is 0.123 e. The number of hydrogen-bond acceptors (Lipinski definition) is 2. The Morgan fingerprint density at radius 3 is 2.57 bits per heavy atom. The van der Waals surface area contributed by atoms with E-state index in [2.05, 4.69) is 51.1 Å². The molecular weight excluding hydrogens is 260 g/mol. The van der Waals surface area contributed by atoms with E-state index in [1.807, 2.05) is 12.1 Å². The average molecular weight is 282 g/mol. The summed E-state index contributed by atoms with van der Waals surface area (Å²) in [5, 5.41) is 10.5. The van der Waals surface area contributed by atoms with Crippen LogP contribution in [0.1, 0.15) is 42.2 Å². The van der Waals surface area contributed by atoms with Crippen molar-refractivity contribution in [3.8, 4) is 5.75 Å². The largest absolute Gasteiger partial charge is 0.487 e. The van der Waals surface area contributed by atoms with Gasteiger partial charge in [-0.1, -0.05) is 35.9 Å². The van der Waals surface area contributed by atoms with Crippen LogP contribution in [-0.4, -0.2) is 10.7 Å². The molecule has 21 heavy (non-hydrogen) atoms. The second kappa shape index (κ2) is 5.19.